The number of ketones is 1. The summed E-state index contributed by atoms with van der Waals surface area (Å²) in [5.74, 6) is 0.952. The summed E-state index contributed by atoms with van der Waals surface area (Å²) in [5, 5.41) is 1.85. The SMILES string of the molecule is O=C(C1=CC=CCC1)C1=CSCC=N1. The van der Waals surface area contributed by atoms with E-state index in [1.165, 1.54) is 0 Å². The van der Waals surface area contributed by atoms with Crippen LogP contribution in [0.3, 0.4) is 0 Å². The Morgan fingerprint density at radius 1 is 1.50 bits per heavy atom. The van der Waals surface area contributed by atoms with E-state index in [1.54, 1.807) is 18.0 Å². The third kappa shape index (κ3) is 2.04. The lowest BCUT2D eigenvalue weighted by Crippen LogP contribution is -2.08. The molecule has 0 atom stereocenters. The van der Waals surface area contributed by atoms with Gasteiger partial charge in [0, 0.05) is 22.9 Å². The first kappa shape index (κ1) is 9.46. The summed E-state index contributed by atoms with van der Waals surface area (Å²) >= 11 is 1.62. The van der Waals surface area contributed by atoms with Crippen LogP contribution in [0.5, 0.6) is 0 Å². The predicted molar refractivity (Wildman–Crippen MR) is 60.5 cm³/mol. The van der Waals surface area contributed by atoms with Crippen molar-refractivity contribution in [2.75, 3.05) is 5.75 Å². The zero-order valence-corrected chi connectivity index (χ0v) is 8.59. The Morgan fingerprint density at radius 3 is 3.07 bits per heavy atom. The summed E-state index contributed by atoms with van der Waals surface area (Å²) in [6.45, 7) is 0. The molecular formula is C11H11NOS. The molecule has 1 heterocycles. The Bertz CT molecular complexity index is 363. The summed E-state index contributed by atoms with van der Waals surface area (Å²) in [6, 6.07) is 0. The maximum atomic E-state index is 11.9. The van der Waals surface area contributed by atoms with Gasteiger partial charge in [-0.25, -0.2) is 0 Å². The molecule has 14 heavy (non-hydrogen) atoms. The lowest BCUT2D eigenvalue weighted by atomic mass is 10.00. The van der Waals surface area contributed by atoms with Crippen molar-refractivity contribution in [2.24, 2.45) is 4.99 Å². The minimum Gasteiger partial charge on any atom is -0.287 e. The highest BCUT2D eigenvalue weighted by molar-refractivity contribution is 8.02. The highest BCUT2D eigenvalue weighted by atomic mass is 32.2. The highest BCUT2D eigenvalue weighted by Crippen LogP contribution is 2.20. The summed E-state index contributed by atoms with van der Waals surface area (Å²) in [6.07, 6.45) is 9.49. The van der Waals surface area contributed by atoms with Crippen LogP contribution in [-0.2, 0) is 4.79 Å². The van der Waals surface area contributed by atoms with Crippen molar-refractivity contribution in [1.29, 1.82) is 0 Å². The molecule has 0 unspecified atom stereocenters. The fraction of sp³-hybridized carbons (Fsp3) is 0.273. The maximum Gasteiger partial charge on any atom is 0.207 e. The topological polar surface area (TPSA) is 29.4 Å². The van der Waals surface area contributed by atoms with Gasteiger partial charge in [-0.05, 0) is 12.8 Å². The first-order valence-electron chi connectivity index (χ1n) is 4.62. The van der Waals surface area contributed by atoms with Gasteiger partial charge >= 0.3 is 0 Å². The molecule has 0 bridgehead atoms. The summed E-state index contributed by atoms with van der Waals surface area (Å²) in [4.78, 5) is 16.0. The molecule has 0 amide bonds. The largest absolute Gasteiger partial charge is 0.287 e. The van der Waals surface area contributed by atoms with E-state index in [2.05, 4.69) is 11.1 Å². The van der Waals surface area contributed by atoms with Gasteiger partial charge in [-0.15, -0.1) is 11.8 Å². The van der Waals surface area contributed by atoms with Gasteiger partial charge in [0.25, 0.3) is 0 Å². The summed E-state index contributed by atoms with van der Waals surface area (Å²) in [5.41, 5.74) is 1.46. The van der Waals surface area contributed by atoms with Gasteiger partial charge in [0.15, 0.2) is 0 Å². The average molecular weight is 205 g/mol. The molecule has 72 valence electrons. The van der Waals surface area contributed by atoms with Gasteiger partial charge in [0.2, 0.25) is 5.78 Å². The monoisotopic (exact) mass is 205 g/mol. The molecule has 1 aliphatic heterocycles. The zero-order valence-electron chi connectivity index (χ0n) is 7.77. The fourth-order valence-corrected chi connectivity index (χ4v) is 1.99. The first-order chi connectivity index (χ1) is 6.88. The van der Waals surface area contributed by atoms with E-state index < -0.39 is 0 Å². The molecule has 2 aliphatic rings. The molecule has 0 saturated carbocycles. The van der Waals surface area contributed by atoms with Crippen molar-refractivity contribution >= 4 is 23.8 Å². The van der Waals surface area contributed by atoms with Gasteiger partial charge in [-0.2, -0.15) is 0 Å². The lowest BCUT2D eigenvalue weighted by Gasteiger charge is -2.09. The van der Waals surface area contributed by atoms with Crippen molar-refractivity contribution in [1.82, 2.24) is 0 Å². The predicted octanol–water partition coefficient (Wildman–Crippen LogP) is 2.49. The molecular weight excluding hydrogens is 194 g/mol. The van der Waals surface area contributed by atoms with Crippen LogP contribution in [0.4, 0.5) is 0 Å². The Hall–Kier alpha value is -1.09. The van der Waals surface area contributed by atoms with Gasteiger partial charge in [-0.1, -0.05) is 18.2 Å². The third-order valence-corrected chi connectivity index (χ3v) is 2.87. The molecule has 2 rings (SSSR count). The minimum atomic E-state index is 0.0813. The quantitative estimate of drug-likeness (QED) is 0.693. The molecule has 0 aromatic rings. The smallest absolute Gasteiger partial charge is 0.207 e. The number of Topliss-reactive ketones (excluding diaryl/α,β-unsaturated/α-hetero) is 1. The fourth-order valence-electron chi connectivity index (χ4n) is 1.40. The molecule has 0 saturated heterocycles. The second-order valence-electron chi connectivity index (χ2n) is 3.14. The van der Waals surface area contributed by atoms with E-state index in [1.807, 2.05) is 17.6 Å². The van der Waals surface area contributed by atoms with Gasteiger partial charge in [-0.3, -0.25) is 9.79 Å². The van der Waals surface area contributed by atoms with E-state index in [0.717, 1.165) is 24.2 Å². The Balaban J connectivity index is 2.15. The number of carbonyl (C=O) groups excluding carboxylic acids is 1. The van der Waals surface area contributed by atoms with Crippen LogP contribution in [-0.4, -0.2) is 17.8 Å². The van der Waals surface area contributed by atoms with E-state index in [-0.39, 0.29) is 5.78 Å². The molecule has 0 spiro atoms. The molecule has 2 nitrogen and oxygen atoms in total. The molecule has 0 radical (unpaired) electrons. The van der Waals surface area contributed by atoms with Gasteiger partial charge in [0.05, 0.1) is 0 Å². The van der Waals surface area contributed by atoms with Crippen molar-refractivity contribution in [3.8, 4) is 0 Å². The Morgan fingerprint density at radius 2 is 2.43 bits per heavy atom. The molecule has 1 aliphatic carbocycles. The number of hydrogen-bond donors (Lipinski definition) is 0. The number of rotatable bonds is 2. The molecule has 0 N–H and O–H groups in total. The molecule has 3 heteroatoms. The normalized spacial score (nSPS) is 20.3. The van der Waals surface area contributed by atoms with Crippen molar-refractivity contribution in [3.63, 3.8) is 0 Å². The highest BCUT2D eigenvalue weighted by Gasteiger charge is 2.15. The van der Waals surface area contributed by atoms with Crippen LogP contribution in [0.25, 0.3) is 0 Å². The maximum absolute atomic E-state index is 11.9. The van der Waals surface area contributed by atoms with Crippen LogP contribution < -0.4 is 0 Å². The number of aliphatic imine (C=N–C) groups is 1. The van der Waals surface area contributed by atoms with Crippen LogP contribution in [0.15, 0.2) is 39.9 Å². The standard InChI is InChI=1S/C11H11NOS/c13-11(9-4-2-1-3-5-9)10-8-14-7-6-12-10/h1-2,4,6,8H,3,5,7H2. The van der Waals surface area contributed by atoms with E-state index in [9.17, 15) is 4.79 Å². The average Bonchev–Trinajstić information content (AvgIpc) is 2.30. The minimum absolute atomic E-state index is 0.0813. The molecule has 0 aromatic carbocycles. The van der Waals surface area contributed by atoms with Gasteiger partial charge in [0.1, 0.15) is 5.70 Å². The Labute approximate surface area is 87.5 Å². The van der Waals surface area contributed by atoms with Crippen molar-refractivity contribution in [2.45, 2.75) is 12.8 Å². The first-order valence-corrected chi connectivity index (χ1v) is 5.67. The summed E-state index contributed by atoms with van der Waals surface area (Å²) in [7, 11) is 0. The van der Waals surface area contributed by atoms with E-state index in [0.29, 0.717) is 5.70 Å². The number of thioether (sulfide) groups is 1. The number of carbonyl (C=O) groups is 1. The van der Waals surface area contributed by atoms with Crippen molar-refractivity contribution < 1.29 is 4.79 Å². The Kier molecular flexibility index (Phi) is 2.99. The lowest BCUT2D eigenvalue weighted by molar-refractivity contribution is -0.112. The second kappa shape index (κ2) is 4.42. The number of hydrogen-bond acceptors (Lipinski definition) is 3. The van der Waals surface area contributed by atoms with Crippen LogP contribution >= 0.6 is 11.8 Å². The van der Waals surface area contributed by atoms with E-state index >= 15 is 0 Å². The summed E-state index contributed by atoms with van der Waals surface area (Å²) < 4.78 is 0. The van der Waals surface area contributed by atoms with Gasteiger partial charge < -0.3 is 0 Å². The number of nitrogens with zero attached hydrogens (tertiary/aromatic N) is 1. The van der Waals surface area contributed by atoms with Crippen LogP contribution in [0.1, 0.15) is 12.8 Å². The zero-order chi connectivity index (χ0) is 9.80. The number of allylic oxidation sites excluding steroid dienone is 4. The van der Waals surface area contributed by atoms with Crippen molar-refractivity contribution in [3.05, 3.63) is 34.9 Å². The molecule has 0 aromatic heterocycles. The van der Waals surface area contributed by atoms with Crippen LogP contribution in [0, 0.1) is 0 Å². The third-order valence-electron chi connectivity index (χ3n) is 2.13. The molecule has 0 fully saturated rings. The van der Waals surface area contributed by atoms with Crippen LogP contribution in [0.2, 0.25) is 0 Å². The van der Waals surface area contributed by atoms with E-state index in [4.69, 9.17) is 0 Å². The second-order valence-corrected chi connectivity index (χ2v) is 4.04.